The average molecular weight is 344 g/mol. The van der Waals surface area contributed by atoms with Crippen LogP contribution < -0.4 is 15.5 Å². The van der Waals surface area contributed by atoms with Crippen LogP contribution in [0.2, 0.25) is 0 Å². The van der Waals surface area contributed by atoms with Crippen molar-refractivity contribution < 1.29 is 14.3 Å². The van der Waals surface area contributed by atoms with Gasteiger partial charge in [-0.3, -0.25) is 0 Å². The lowest BCUT2D eigenvalue weighted by Crippen LogP contribution is -2.43. The number of carbonyl (C=O) groups is 1. The Morgan fingerprint density at radius 2 is 2.12 bits per heavy atom. The van der Waals surface area contributed by atoms with E-state index in [9.17, 15) is 9.90 Å². The van der Waals surface area contributed by atoms with Gasteiger partial charge in [0.1, 0.15) is 17.2 Å². The zero-order valence-corrected chi connectivity index (χ0v) is 14.4. The van der Waals surface area contributed by atoms with Crippen LogP contribution in [-0.2, 0) is 12.1 Å². The molecule has 1 unspecified atom stereocenters. The van der Waals surface area contributed by atoms with E-state index in [0.29, 0.717) is 12.3 Å². The van der Waals surface area contributed by atoms with Gasteiger partial charge in [-0.15, -0.1) is 0 Å². The van der Waals surface area contributed by atoms with Gasteiger partial charge >= 0.3 is 6.03 Å². The normalized spacial score (nSPS) is 16.5. The Labute approximate surface area is 147 Å². The lowest BCUT2D eigenvalue weighted by atomic mass is 10.0. The molecule has 2 aromatic heterocycles. The Balaban J connectivity index is 1.44. The van der Waals surface area contributed by atoms with Crippen LogP contribution in [-0.4, -0.2) is 35.8 Å². The van der Waals surface area contributed by atoms with Gasteiger partial charge in [-0.2, -0.15) is 0 Å². The molecule has 1 atom stereocenters. The van der Waals surface area contributed by atoms with E-state index in [4.69, 9.17) is 4.42 Å². The lowest BCUT2D eigenvalue weighted by molar-refractivity contribution is 0.0367. The number of aromatic nitrogens is 1. The zero-order chi connectivity index (χ0) is 17.7. The molecule has 0 aromatic carbocycles. The van der Waals surface area contributed by atoms with E-state index in [2.05, 4.69) is 20.5 Å². The summed E-state index contributed by atoms with van der Waals surface area (Å²) < 4.78 is 5.18. The molecule has 3 heterocycles. The van der Waals surface area contributed by atoms with E-state index in [1.54, 1.807) is 25.3 Å². The van der Waals surface area contributed by atoms with Gasteiger partial charge in [0, 0.05) is 25.8 Å². The highest BCUT2D eigenvalue weighted by Crippen LogP contribution is 2.20. The van der Waals surface area contributed by atoms with Gasteiger partial charge in [-0.25, -0.2) is 9.78 Å². The minimum absolute atomic E-state index is 0.0541. The number of nitrogens with zero attached hydrogens (tertiary/aromatic N) is 2. The third kappa shape index (κ3) is 4.51. The fourth-order valence-corrected chi connectivity index (χ4v) is 2.82. The van der Waals surface area contributed by atoms with E-state index in [1.165, 1.54) is 19.1 Å². The number of rotatable bonds is 6. The Morgan fingerprint density at radius 3 is 2.76 bits per heavy atom. The molecule has 0 radical (unpaired) electrons. The van der Waals surface area contributed by atoms with Gasteiger partial charge in [-0.05, 0) is 43.5 Å². The molecule has 0 saturated carbocycles. The molecule has 25 heavy (non-hydrogen) atoms. The van der Waals surface area contributed by atoms with Crippen LogP contribution in [0.25, 0.3) is 0 Å². The first-order chi connectivity index (χ1) is 12.0. The van der Waals surface area contributed by atoms with Gasteiger partial charge in [0.05, 0.1) is 12.8 Å². The first-order valence-corrected chi connectivity index (χ1v) is 8.52. The van der Waals surface area contributed by atoms with Gasteiger partial charge in [0.2, 0.25) is 0 Å². The van der Waals surface area contributed by atoms with E-state index in [1.807, 2.05) is 12.1 Å². The zero-order valence-electron chi connectivity index (χ0n) is 14.4. The Bertz CT molecular complexity index is 677. The molecule has 134 valence electrons. The number of carbonyl (C=O) groups excluding carboxylic acids is 1. The van der Waals surface area contributed by atoms with Gasteiger partial charge < -0.3 is 25.1 Å². The standard InChI is InChI=1S/C18H24N4O3/c1-18(24,15-5-4-10-25-15)13-21-17(23)20-12-14-6-7-16(19-11-14)22-8-2-3-9-22/h4-7,10-11,24H,2-3,8-9,12-13H2,1H3,(H2,20,21,23). The Hall–Kier alpha value is -2.54. The second-order valence-corrected chi connectivity index (χ2v) is 6.51. The molecule has 1 saturated heterocycles. The number of furan rings is 1. The first kappa shape index (κ1) is 17.3. The number of pyridine rings is 1. The number of hydrogen-bond donors (Lipinski definition) is 3. The van der Waals surface area contributed by atoms with Crippen molar-refractivity contribution >= 4 is 11.8 Å². The van der Waals surface area contributed by atoms with Crippen molar-refractivity contribution in [3.63, 3.8) is 0 Å². The molecule has 1 aliphatic heterocycles. The molecule has 7 nitrogen and oxygen atoms in total. The van der Waals surface area contributed by atoms with E-state index >= 15 is 0 Å². The maximum atomic E-state index is 11.9. The molecule has 2 aromatic rings. The fraction of sp³-hybridized carbons (Fsp3) is 0.444. The summed E-state index contributed by atoms with van der Waals surface area (Å²) in [7, 11) is 0. The van der Waals surface area contributed by atoms with Gasteiger partial charge in [0.25, 0.3) is 0 Å². The fourth-order valence-electron chi connectivity index (χ4n) is 2.82. The maximum Gasteiger partial charge on any atom is 0.315 e. The van der Waals surface area contributed by atoms with Crippen LogP contribution in [0.1, 0.15) is 31.1 Å². The molecule has 0 bridgehead atoms. The van der Waals surface area contributed by atoms with Crippen molar-refractivity contribution in [3.8, 4) is 0 Å². The van der Waals surface area contributed by atoms with Gasteiger partial charge in [0.15, 0.2) is 0 Å². The molecule has 2 amide bonds. The molecule has 0 aliphatic carbocycles. The minimum atomic E-state index is -1.25. The molecule has 3 rings (SSSR count). The first-order valence-electron chi connectivity index (χ1n) is 8.52. The summed E-state index contributed by atoms with van der Waals surface area (Å²) in [4.78, 5) is 18.6. The van der Waals surface area contributed by atoms with Crippen molar-refractivity contribution in [2.24, 2.45) is 0 Å². The lowest BCUT2D eigenvalue weighted by Gasteiger charge is -2.21. The molecule has 1 aliphatic rings. The predicted molar refractivity (Wildman–Crippen MR) is 94.2 cm³/mol. The maximum absolute atomic E-state index is 11.9. The molecule has 1 fully saturated rings. The van der Waals surface area contributed by atoms with Crippen LogP contribution in [0.3, 0.4) is 0 Å². The summed E-state index contributed by atoms with van der Waals surface area (Å²) in [5.41, 5.74) is -0.323. The number of aliphatic hydroxyl groups is 1. The Kier molecular flexibility index (Phi) is 5.23. The van der Waals surface area contributed by atoms with Crippen LogP contribution in [0.15, 0.2) is 41.1 Å². The number of amides is 2. The molecular formula is C18H24N4O3. The molecule has 7 heteroatoms. The van der Waals surface area contributed by atoms with Crippen molar-refractivity contribution in [1.82, 2.24) is 15.6 Å². The van der Waals surface area contributed by atoms with Crippen LogP contribution >= 0.6 is 0 Å². The van der Waals surface area contributed by atoms with Crippen molar-refractivity contribution in [3.05, 3.63) is 48.0 Å². The average Bonchev–Trinajstić information content (AvgIpc) is 3.32. The minimum Gasteiger partial charge on any atom is -0.466 e. The Morgan fingerprint density at radius 1 is 1.32 bits per heavy atom. The topological polar surface area (TPSA) is 90.6 Å². The van der Waals surface area contributed by atoms with Crippen molar-refractivity contribution in [2.45, 2.75) is 31.9 Å². The predicted octanol–water partition coefficient (Wildman–Crippen LogP) is 1.98. The quantitative estimate of drug-likeness (QED) is 0.745. The highest BCUT2D eigenvalue weighted by Gasteiger charge is 2.26. The smallest absolute Gasteiger partial charge is 0.315 e. The summed E-state index contributed by atoms with van der Waals surface area (Å²) >= 11 is 0. The summed E-state index contributed by atoms with van der Waals surface area (Å²) in [5, 5.41) is 15.7. The summed E-state index contributed by atoms with van der Waals surface area (Å²) in [6.45, 7) is 4.14. The number of urea groups is 1. The third-order valence-corrected chi connectivity index (χ3v) is 4.34. The van der Waals surface area contributed by atoms with Crippen LogP contribution in [0.4, 0.5) is 10.6 Å². The summed E-state index contributed by atoms with van der Waals surface area (Å²) in [6.07, 6.45) is 5.70. The van der Waals surface area contributed by atoms with E-state index < -0.39 is 5.60 Å². The van der Waals surface area contributed by atoms with Crippen molar-refractivity contribution in [1.29, 1.82) is 0 Å². The summed E-state index contributed by atoms with van der Waals surface area (Å²) in [5.74, 6) is 1.40. The largest absolute Gasteiger partial charge is 0.466 e. The highest BCUT2D eigenvalue weighted by molar-refractivity contribution is 5.73. The number of anilines is 1. The second kappa shape index (κ2) is 7.57. The SMILES string of the molecule is CC(O)(CNC(=O)NCc1ccc(N2CCCC2)nc1)c1ccco1. The van der Waals surface area contributed by atoms with Crippen molar-refractivity contribution in [2.75, 3.05) is 24.5 Å². The number of hydrogen-bond acceptors (Lipinski definition) is 5. The van der Waals surface area contributed by atoms with E-state index in [-0.39, 0.29) is 12.6 Å². The third-order valence-electron chi connectivity index (χ3n) is 4.34. The molecule has 3 N–H and O–H groups in total. The molecular weight excluding hydrogens is 320 g/mol. The van der Waals surface area contributed by atoms with Gasteiger partial charge in [-0.1, -0.05) is 6.07 Å². The second-order valence-electron chi connectivity index (χ2n) is 6.51. The monoisotopic (exact) mass is 344 g/mol. The van der Waals surface area contributed by atoms with Crippen LogP contribution in [0.5, 0.6) is 0 Å². The summed E-state index contributed by atoms with van der Waals surface area (Å²) in [6, 6.07) is 6.98. The number of nitrogens with one attached hydrogen (secondary N) is 2. The van der Waals surface area contributed by atoms with E-state index in [0.717, 1.165) is 24.5 Å². The van der Waals surface area contributed by atoms with Crippen LogP contribution in [0, 0.1) is 0 Å². The molecule has 0 spiro atoms. The highest BCUT2D eigenvalue weighted by atomic mass is 16.4.